The Morgan fingerprint density at radius 1 is 1.12 bits per heavy atom. The molecule has 2 rings (SSSR count). The van der Waals surface area contributed by atoms with Gasteiger partial charge in [-0.3, -0.25) is 0 Å². The van der Waals surface area contributed by atoms with Gasteiger partial charge in [-0.15, -0.1) is 11.3 Å². The van der Waals surface area contributed by atoms with E-state index >= 15 is 0 Å². The highest BCUT2D eigenvalue weighted by Crippen LogP contribution is 2.28. The Bertz CT molecular complexity index is 420. The predicted molar refractivity (Wildman–Crippen MR) is 70.0 cm³/mol. The topological polar surface area (TPSA) is 9.23 Å². The molecule has 0 amide bonds. The van der Waals surface area contributed by atoms with Crippen molar-refractivity contribution >= 4 is 11.3 Å². The molecule has 0 spiro atoms. The van der Waals surface area contributed by atoms with E-state index in [4.69, 9.17) is 4.74 Å². The van der Waals surface area contributed by atoms with E-state index in [9.17, 15) is 0 Å². The summed E-state index contributed by atoms with van der Waals surface area (Å²) in [5, 5.41) is 2.13. The first kappa shape index (κ1) is 11.4. The number of rotatable bonds is 5. The number of thiophene rings is 1. The van der Waals surface area contributed by atoms with Gasteiger partial charge >= 0.3 is 0 Å². The lowest BCUT2D eigenvalue weighted by Gasteiger charge is -2.07. The molecule has 84 valence electrons. The van der Waals surface area contributed by atoms with Crippen LogP contribution in [0.3, 0.4) is 0 Å². The fraction of sp³-hybridized carbons (Fsp3) is 0.286. The summed E-state index contributed by atoms with van der Waals surface area (Å²) in [6.45, 7) is 0.832. The smallest absolute Gasteiger partial charge is 0.0465 e. The van der Waals surface area contributed by atoms with Crippen molar-refractivity contribution in [3.8, 4) is 10.4 Å². The maximum Gasteiger partial charge on any atom is 0.0465 e. The monoisotopic (exact) mass is 232 g/mol. The number of hydrogen-bond acceptors (Lipinski definition) is 2. The van der Waals surface area contributed by atoms with Gasteiger partial charge in [-0.2, -0.15) is 0 Å². The van der Waals surface area contributed by atoms with Crippen molar-refractivity contribution in [1.29, 1.82) is 0 Å². The summed E-state index contributed by atoms with van der Waals surface area (Å²) in [4.78, 5) is 1.35. The molecule has 0 fully saturated rings. The molecule has 1 nitrogen and oxygen atoms in total. The zero-order valence-corrected chi connectivity index (χ0v) is 10.3. The third kappa shape index (κ3) is 2.71. The molecule has 0 saturated heterocycles. The van der Waals surface area contributed by atoms with Crippen LogP contribution in [0.2, 0.25) is 0 Å². The fourth-order valence-electron chi connectivity index (χ4n) is 1.82. The van der Waals surface area contributed by atoms with E-state index in [1.165, 1.54) is 16.0 Å². The van der Waals surface area contributed by atoms with Crippen LogP contribution in [0, 0.1) is 0 Å². The van der Waals surface area contributed by atoms with Crippen LogP contribution >= 0.6 is 11.3 Å². The first-order valence-electron chi connectivity index (χ1n) is 5.52. The molecular weight excluding hydrogens is 216 g/mol. The van der Waals surface area contributed by atoms with Gasteiger partial charge in [0.25, 0.3) is 0 Å². The second-order valence-electron chi connectivity index (χ2n) is 3.73. The summed E-state index contributed by atoms with van der Waals surface area (Å²) in [5.74, 6) is 0. The van der Waals surface area contributed by atoms with Crippen LogP contribution < -0.4 is 0 Å². The molecule has 0 saturated carbocycles. The minimum Gasteiger partial charge on any atom is -0.385 e. The first-order valence-corrected chi connectivity index (χ1v) is 6.40. The molecule has 2 aromatic rings. The van der Waals surface area contributed by atoms with Gasteiger partial charge in [-0.05, 0) is 35.4 Å². The highest BCUT2D eigenvalue weighted by Gasteiger charge is 2.04. The molecule has 1 aromatic carbocycles. The van der Waals surface area contributed by atoms with Crippen molar-refractivity contribution in [3.63, 3.8) is 0 Å². The van der Waals surface area contributed by atoms with Crippen molar-refractivity contribution in [2.45, 2.75) is 12.8 Å². The third-order valence-electron chi connectivity index (χ3n) is 2.60. The molecule has 0 N–H and O–H groups in total. The van der Waals surface area contributed by atoms with Gasteiger partial charge in [0.05, 0.1) is 0 Å². The molecule has 16 heavy (non-hydrogen) atoms. The van der Waals surface area contributed by atoms with Gasteiger partial charge in [-0.25, -0.2) is 0 Å². The average Bonchev–Trinajstić information content (AvgIpc) is 2.83. The summed E-state index contributed by atoms with van der Waals surface area (Å²) in [5.41, 5.74) is 2.79. The Morgan fingerprint density at radius 2 is 2.00 bits per heavy atom. The van der Waals surface area contributed by atoms with Crippen LogP contribution in [0.15, 0.2) is 41.8 Å². The Kier molecular flexibility index (Phi) is 4.14. The van der Waals surface area contributed by atoms with E-state index in [1.54, 1.807) is 18.4 Å². The summed E-state index contributed by atoms with van der Waals surface area (Å²) in [7, 11) is 1.76. The SMILES string of the molecule is COCCCc1ccccc1-c1cccs1. The Hall–Kier alpha value is -1.12. The number of ether oxygens (including phenoxy) is 1. The number of methoxy groups -OCH3 is 1. The minimum absolute atomic E-state index is 0.832. The predicted octanol–water partition coefficient (Wildman–Crippen LogP) is 3.99. The second-order valence-corrected chi connectivity index (χ2v) is 4.68. The molecular formula is C14H16OS. The minimum atomic E-state index is 0.832. The second kappa shape index (κ2) is 5.83. The molecule has 0 radical (unpaired) electrons. The summed E-state index contributed by atoms with van der Waals surface area (Å²) in [6, 6.07) is 12.9. The van der Waals surface area contributed by atoms with Crippen LogP contribution in [0.5, 0.6) is 0 Å². The van der Waals surface area contributed by atoms with Gasteiger partial charge in [0.2, 0.25) is 0 Å². The Labute approximate surface area is 101 Å². The lowest BCUT2D eigenvalue weighted by molar-refractivity contribution is 0.195. The highest BCUT2D eigenvalue weighted by atomic mass is 32.1. The molecule has 0 atom stereocenters. The molecule has 0 aliphatic heterocycles. The standard InChI is InChI=1S/C14H16OS/c1-15-10-4-7-12-6-2-3-8-13(12)14-9-5-11-16-14/h2-3,5-6,8-9,11H,4,7,10H2,1H3. The van der Waals surface area contributed by atoms with Crippen LogP contribution in [0.25, 0.3) is 10.4 Å². The van der Waals surface area contributed by atoms with Crippen molar-refractivity contribution in [2.75, 3.05) is 13.7 Å². The van der Waals surface area contributed by atoms with Gasteiger partial charge in [0.15, 0.2) is 0 Å². The maximum absolute atomic E-state index is 5.10. The summed E-state index contributed by atoms with van der Waals surface area (Å²) >= 11 is 1.80. The third-order valence-corrected chi connectivity index (χ3v) is 3.50. The van der Waals surface area contributed by atoms with E-state index in [2.05, 4.69) is 41.8 Å². The fourth-order valence-corrected chi connectivity index (χ4v) is 2.60. The number of hydrogen-bond donors (Lipinski definition) is 0. The van der Waals surface area contributed by atoms with Crippen LogP contribution in [-0.2, 0) is 11.2 Å². The Morgan fingerprint density at radius 3 is 2.75 bits per heavy atom. The van der Waals surface area contributed by atoms with Crippen LogP contribution in [-0.4, -0.2) is 13.7 Å². The number of benzene rings is 1. The van der Waals surface area contributed by atoms with Crippen LogP contribution in [0.1, 0.15) is 12.0 Å². The van der Waals surface area contributed by atoms with Crippen molar-refractivity contribution in [2.24, 2.45) is 0 Å². The van der Waals surface area contributed by atoms with E-state index in [-0.39, 0.29) is 0 Å². The molecule has 0 aliphatic rings. The highest BCUT2D eigenvalue weighted by molar-refractivity contribution is 7.13. The quantitative estimate of drug-likeness (QED) is 0.708. The van der Waals surface area contributed by atoms with Gasteiger partial charge < -0.3 is 4.74 Å². The molecule has 1 aromatic heterocycles. The molecule has 0 unspecified atom stereocenters. The summed E-state index contributed by atoms with van der Waals surface area (Å²) < 4.78 is 5.10. The average molecular weight is 232 g/mol. The summed E-state index contributed by atoms with van der Waals surface area (Å²) in [6.07, 6.45) is 2.17. The van der Waals surface area contributed by atoms with Crippen molar-refractivity contribution in [3.05, 3.63) is 47.3 Å². The van der Waals surface area contributed by atoms with E-state index < -0.39 is 0 Å². The molecule has 1 heterocycles. The van der Waals surface area contributed by atoms with Crippen LogP contribution in [0.4, 0.5) is 0 Å². The molecule has 0 aliphatic carbocycles. The van der Waals surface area contributed by atoms with Gasteiger partial charge in [0, 0.05) is 18.6 Å². The van der Waals surface area contributed by atoms with E-state index in [1.807, 2.05) is 0 Å². The zero-order chi connectivity index (χ0) is 11.2. The van der Waals surface area contributed by atoms with Crippen molar-refractivity contribution < 1.29 is 4.74 Å². The molecule has 2 heteroatoms. The Balaban J connectivity index is 2.18. The lowest BCUT2D eigenvalue weighted by atomic mass is 10.0. The van der Waals surface area contributed by atoms with Crippen molar-refractivity contribution in [1.82, 2.24) is 0 Å². The first-order chi connectivity index (χ1) is 7.92. The van der Waals surface area contributed by atoms with Gasteiger partial charge in [-0.1, -0.05) is 30.3 Å². The van der Waals surface area contributed by atoms with E-state index in [0.717, 1.165) is 19.4 Å². The van der Waals surface area contributed by atoms with Gasteiger partial charge in [0.1, 0.15) is 0 Å². The van der Waals surface area contributed by atoms with E-state index in [0.29, 0.717) is 0 Å². The lowest BCUT2D eigenvalue weighted by Crippen LogP contribution is -1.94. The normalized spacial score (nSPS) is 10.6. The maximum atomic E-state index is 5.10. The largest absolute Gasteiger partial charge is 0.385 e. The molecule has 0 bridgehead atoms. The zero-order valence-electron chi connectivity index (χ0n) is 9.48. The number of aryl methyl sites for hydroxylation is 1.